The Morgan fingerprint density at radius 3 is 2.48 bits per heavy atom. The van der Waals surface area contributed by atoms with E-state index in [0.29, 0.717) is 11.5 Å². The molecule has 1 unspecified atom stereocenters. The second-order valence-electron chi connectivity index (χ2n) is 6.73. The van der Waals surface area contributed by atoms with Gasteiger partial charge < -0.3 is 19.7 Å². The molecule has 0 spiro atoms. The van der Waals surface area contributed by atoms with E-state index in [0.717, 1.165) is 42.6 Å². The average Bonchev–Trinajstić information content (AvgIpc) is 3.16. The Kier molecular flexibility index (Phi) is 5.09. The molecule has 1 saturated heterocycles. The molecule has 2 aromatic rings. The first-order valence-corrected chi connectivity index (χ1v) is 9.43. The smallest absolute Gasteiger partial charge is 0.241 e. The lowest BCUT2D eigenvalue weighted by molar-refractivity contribution is -0.120. The van der Waals surface area contributed by atoms with Gasteiger partial charge in [-0.25, -0.2) is 0 Å². The molecule has 2 aromatic carbocycles. The van der Waals surface area contributed by atoms with Gasteiger partial charge in [0, 0.05) is 48.6 Å². The number of benzene rings is 2. The number of nitrogens with one attached hydrogen (secondary N) is 1. The van der Waals surface area contributed by atoms with Gasteiger partial charge >= 0.3 is 0 Å². The lowest BCUT2D eigenvalue weighted by Gasteiger charge is -2.38. The minimum Gasteiger partial charge on any atom is -0.454 e. The molecular weight excluding hydrogens is 366 g/mol. The number of carbonyl (C=O) groups excluding carboxylic acids is 1. The van der Waals surface area contributed by atoms with Gasteiger partial charge in [0.25, 0.3) is 0 Å². The molecule has 0 saturated carbocycles. The third kappa shape index (κ3) is 3.96. The third-order valence-corrected chi connectivity index (χ3v) is 5.33. The summed E-state index contributed by atoms with van der Waals surface area (Å²) in [7, 11) is 0. The molecular formula is C20H22ClN3O3. The lowest BCUT2D eigenvalue weighted by Crippen LogP contribution is -2.52. The summed E-state index contributed by atoms with van der Waals surface area (Å²) in [6.45, 7) is 5.59. The van der Waals surface area contributed by atoms with Crippen molar-refractivity contribution < 1.29 is 14.3 Å². The predicted octanol–water partition coefficient (Wildman–Crippen LogP) is 3.22. The minimum atomic E-state index is -0.206. The summed E-state index contributed by atoms with van der Waals surface area (Å²) in [5, 5.41) is 3.72. The number of fused-ring (bicyclic) bond motifs is 1. The van der Waals surface area contributed by atoms with Crippen molar-refractivity contribution in [3.05, 3.63) is 47.5 Å². The Bertz CT molecular complexity index is 820. The van der Waals surface area contributed by atoms with Crippen molar-refractivity contribution in [2.75, 3.05) is 43.2 Å². The Balaban J connectivity index is 1.32. The first-order chi connectivity index (χ1) is 13.1. The van der Waals surface area contributed by atoms with Crippen LogP contribution in [-0.4, -0.2) is 49.8 Å². The number of nitrogens with zero attached hydrogens (tertiary/aromatic N) is 2. The van der Waals surface area contributed by atoms with E-state index in [2.05, 4.69) is 15.1 Å². The summed E-state index contributed by atoms with van der Waals surface area (Å²) >= 11 is 5.96. The molecule has 0 aromatic heterocycles. The van der Waals surface area contributed by atoms with Gasteiger partial charge in [0.15, 0.2) is 11.5 Å². The fourth-order valence-corrected chi connectivity index (χ4v) is 3.53. The molecule has 1 amide bonds. The van der Waals surface area contributed by atoms with Crippen LogP contribution in [0.25, 0.3) is 0 Å². The van der Waals surface area contributed by atoms with Crippen LogP contribution in [0.5, 0.6) is 11.5 Å². The van der Waals surface area contributed by atoms with E-state index in [1.165, 1.54) is 0 Å². The number of anilines is 2. The van der Waals surface area contributed by atoms with E-state index < -0.39 is 0 Å². The van der Waals surface area contributed by atoms with Gasteiger partial charge in [-0.05, 0) is 43.3 Å². The van der Waals surface area contributed by atoms with Crippen LogP contribution in [0.4, 0.5) is 11.4 Å². The van der Waals surface area contributed by atoms with E-state index in [4.69, 9.17) is 21.1 Å². The van der Waals surface area contributed by atoms with E-state index in [-0.39, 0.29) is 18.7 Å². The normalized spacial score (nSPS) is 17.6. The maximum Gasteiger partial charge on any atom is 0.241 e. The van der Waals surface area contributed by atoms with Crippen molar-refractivity contribution in [1.82, 2.24) is 4.90 Å². The SMILES string of the molecule is CC(C(=O)Nc1ccc2c(c1)OCO2)N1CCN(c2ccc(Cl)cc2)CC1. The summed E-state index contributed by atoms with van der Waals surface area (Å²) in [5.74, 6) is 1.35. The number of amides is 1. The first-order valence-electron chi connectivity index (χ1n) is 9.05. The molecule has 0 radical (unpaired) electrons. The molecule has 27 heavy (non-hydrogen) atoms. The van der Waals surface area contributed by atoms with Crippen LogP contribution >= 0.6 is 11.6 Å². The van der Waals surface area contributed by atoms with Gasteiger partial charge in [0.1, 0.15) is 0 Å². The van der Waals surface area contributed by atoms with E-state index in [9.17, 15) is 4.79 Å². The molecule has 2 heterocycles. The molecule has 2 aliphatic rings. The molecule has 7 heteroatoms. The molecule has 0 aliphatic carbocycles. The lowest BCUT2D eigenvalue weighted by atomic mass is 10.2. The summed E-state index contributed by atoms with van der Waals surface area (Å²) in [6.07, 6.45) is 0. The van der Waals surface area contributed by atoms with Gasteiger partial charge in [-0.3, -0.25) is 9.69 Å². The number of carbonyl (C=O) groups is 1. The molecule has 4 rings (SSSR count). The van der Waals surface area contributed by atoms with Crippen molar-refractivity contribution >= 4 is 28.9 Å². The molecule has 142 valence electrons. The van der Waals surface area contributed by atoms with Crippen molar-refractivity contribution in [2.45, 2.75) is 13.0 Å². The highest BCUT2D eigenvalue weighted by atomic mass is 35.5. The van der Waals surface area contributed by atoms with Crippen LogP contribution in [-0.2, 0) is 4.79 Å². The molecule has 6 nitrogen and oxygen atoms in total. The van der Waals surface area contributed by atoms with Crippen molar-refractivity contribution in [1.29, 1.82) is 0 Å². The zero-order valence-corrected chi connectivity index (χ0v) is 15.9. The first kappa shape index (κ1) is 17.9. The number of piperazine rings is 1. The van der Waals surface area contributed by atoms with Gasteiger partial charge in [-0.15, -0.1) is 0 Å². The van der Waals surface area contributed by atoms with Crippen LogP contribution in [0, 0.1) is 0 Å². The van der Waals surface area contributed by atoms with Crippen LogP contribution in [0.3, 0.4) is 0 Å². The molecule has 0 bridgehead atoms. The zero-order chi connectivity index (χ0) is 18.8. The molecule has 1 atom stereocenters. The highest BCUT2D eigenvalue weighted by molar-refractivity contribution is 6.30. The second-order valence-corrected chi connectivity index (χ2v) is 7.17. The summed E-state index contributed by atoms with van der Waals surface area (Å²) < 4.78 is 10.7. The van der Waals surface area contributed by atoms with E-state index >= 15 is 0 Å². The Labute approximate surface area is 163 Å². The number of ether oxygens (including phenoxy) is 2. The molecule has 1 N–H and O–H groups in total. The number of halogens is 1. The van der Waals surface area contributed by atoms with Crippen LogP contribution in [0.1, 0.15) is 6.92 Å². The Morgan fingerprint density at radius 1 is 1.04 bits per heavy atom. The minimum absolute atomic E-state index is 0.0196. The fourth-order valence-electron chi connectivity index (χ4n) is 3.41. The van der Waals surface area contributed by atoms with Crippen molar-refractivity contribution in [3.8, 4) is 11.5 Å². The quantitative estimate of drug-likeness (QED) is 0.873. The highest BCUT2D eigenvalue weighted by Crippen LogP contribution is 2.34. The van der Waals surface area contributed by atoms with Gasteiger partial charge in [-0.2, -0.15) is 0 Å². The summed E-state index contributed by atoms with van der Waals surface area (Å²) in [5.41, 5.74) is 1.88. The van der Waals surface area contributed by atoms with Gasteiger partial charge in [0.05, 0.1) is 6.04 Å². The zero-order valence-electron chi connectivity index (χ0n) is 15.2. The summed E-state index contributed by atoms with van der Waals surface area (Å²) in [6, 6.07) is 13.1. The monoisotopic (exact) mass is 387 g/mol. The van der Waals surface area contributed by atoms with Crippen LogP contribution in [0.2, 0.25) is 5.02 Å². The molecule has 2 aliphatic heterocycles. The van der Waals surface area contributed by atoms with Gasteiger partial charge in [-0.1, -0.05) is 11.6 Å². The Hall–Kier alpha value is -2.44. The highest BCUT2D eigenvalue weighted by Gasteiger charge is 2.26. The third-order valence-electron chi connectivity index (χ3n) is 5.07. The summed E-state index contributed by atoms with van der Waals surface area (Å²) in [4.78, 5) is 17.2. The maximum atomic E-state index is 12.6. The number of hydrogen-bond acceptors (Lipinski definition) is 5. The van der Waals surface area contributed by atoms with E-state index in [1.54, 1.807) is 6.07 Å². The van der Waals surface area contributed by atoms with E-state index in [1.807, 2.05) is 43.3 Å². The topological polar surface area (TPSA) is 54.0 Å². The van der Waals surface area contributed by atoms with Crippen molar-refractivity contribution in [2.24, 2.45) is 0 Å². The number of hydrogen-bond donors (Lipinski definition) is 1. The number of rotatable bonds is 4. The fraction of sp³-hybridized carbons (Fsp3) is 0.350. The van der Waals surface area contributed by atoms with Crippen molar-refractivity contribution in [3.63, 3.8) is 0 Å². The molecule has 1 fully saturated rings. The van der Waals surface area contributed by atoms with Crippen LogP contribution < -0.4 is 19.7 Å². The average molecular weight is 388 g/mol. The largest absolute Gasteiger partial charge is 0.454 e. The van der Waals surface area contributed by atoms with Gasteiger partial charge in [0.2, 0.25) is 12.7 Å². The standard InChI is InChI=1S/C20H22ClN3O3/c1-14(20(25)22-16-4-7-18-19(12-16)27-13-26-18)23-8-10-24(11-9-23)17-5-2-15(21)3-6-17/h2-7,12,14H,8-11,13H2,1H3,(H,22,25). The Morgan fingerprint density at radius 2 is 1.74 bits per heavy atom. The maximum absolute atomic E-state index is 12.6. The van der Waals surface area contributed by atoms with Crippen LogP contribution in [0.15, 0.2) is 42.5 Å². The predicted molar refractivity (Wildman–Crippen MR) is 106 cm³/mol. The second kappa shape index (κ2) is 7.66.